The summed E-state index contributed by atoms with van der Waals surface area (Å²) in [5.41, 5.74) is -1.59. The van der Waals surface area contributed by atoms with Crippen molar-refractivity contribution < 1.29 is 31.5 Å². The zero-order valence-corrected chi connectivity index (χ0v) is 17.9. The van der Waals surface area contributed by atoms with E-state index in [4.69, 9.17) is 0 Å². The van der Waals surface area contributed by atoms with Crippen LogP contribution < -0.4 is 5.32 Å². The Balaban J connectivity index is 2.20. The maximum Gasteiger partial charge on any atom is 0.421 e. The first-order chi connectivity index (χ1) is 13.7. The van der Waals surface area contributed by atoms with Crippen LogP contribution in [0.25, 0.3) is 0 Å². The van der Waals surface area contributed by atoms with Gasteiger partial charge < -0.3 is 10.4 Å². The van der Waals surface area contributed by atoms with Gasteiger partial charge in [-0.1, -0.05) is 31.2 Å². The van der Waals surface area contributed by atoms with Crippen molar-refractivity contribution in [1.29, 1.82) is 0 Å². The van der Waals surface area contributed by atoms with Crippen LogP contribution in [0.2, 0.25) is 0 Å². The van der Waals surface area contributed by atoms with Crippen LogP contribution in [0, 0.1) is 13.8 Å². The maximum atomic E-state index is 13.1. The van der Waals surface area contributed by atoms with Crippen molar-refractivity contribution in [1.82, 2.24) is 0 Å². The van der Waals surface area contributed by atoms with Gasteiger partial charge in [0.25, 0.3) is 0 Å². The summed E-state index contributed by atoms with van der Waals surface area (Å²) in [5, 5.41) is 12.6. The summed E-state index contributed by atoms with van der Waals surface area (Å²) < 4.78 is 63.0. The van der Waals surface area contributed by atoms with Gasteiger partial charge in [0, 0.05) is 5.69 Å². The molecule has 2 aromatic carbocycles. The fraction of sp³-hybridized carbons (Fsp3) is 0.381. The number of sulfone groups is 1. The number of hydrogen-bond acceptors (Lipinski definition) is 4. The molecule has 0 heterocycles. The Morgan fingerprint density at radius 3 is 2.00 bits per heavy atom. The first-order valence-corrected chi connectivity index (χ1v) is 10.9. The lowest BCUT2D eigenvalue weighted by atomic mass is 9.91. The minimum atomic E-state index is -4.84. The van der Waals surface area contributed by atoms with Crippen LogP contribution in [0.15, 0.2) is 41.3 Å². The van der Waals surface area contributed by atoms with E-state index in [1.54, 1.807) is 32.9 Å². The SMILES string of the molecule is CCS(=O)(=O)c1ccc(CC(=O)Nc2c(C)cc(C(C)(O)C(F)(F)F)cc2C)cc1. The lowest BCUT2D eigenvalue weighted by molar-refractivity contribution is -0.258. The predicted molar refractivity (Wildman–Crippen MR) is 108 cm³/mol. The molecule has 0 aliphatic carbocycles. The second-order valence-electron chi connectivity index (χ2n) is 7.33. The van der Waals surface area contributed by atoms with Crippen LogP contribution in [0.3, 0.4) is 0 Å². The van der Waals surface area contributed by atoms with Crippen LogP contribution >= 0.6 is 0 Å². The van der Waals surface area contributed by atoms with E-state index in [1.165, 1.54) is 24.3 Å². The fourth-order valence-electron chi connectivity index (χ4n) is 2.96. The van der Waals surface area contributed by atoms with Gasteiger partial charge in [0.15, 0.2) is 15.4 Å². The molecule has 1 amide bonds. The number of aliphatic hydroxyl groups is 1. The molecule has 0 saturated carbocycles. The molecule has 9 heteroatoms. The largest absolute Gasteiger partial charge is 0.421 e. The lowest BCUT2D eigenvalue weighted by Gasteiger charge is -2.28. The molecule has 2 N–H and O–H groups in total. The van der Waals surface area contributed by atoms with Crippen molar-refractivity contribution in [2.24, 2.45) is 0 Å². The molecule has 0 saturated heterocycles. The zero-order chi connectivity index (χ0) is 22.9. The third-order valence-corrected chi connectivity index (χ3v) is 6.69. The van der Waals surface area contributed by atoms with Gasteiger partial charge in [-0.15, -0.1) is 0 Å². The van der Waals surface area contributed by atoms with Crippen molar-refractivity contribution in [2.75, 3.05) is 11.1 Å². The Bertz CT molecular complexity index is 1020. The molecular formula is C21H24F3NO4S. The molecule has 5 nitrogen and oxygen atoms in total. The summed E-state index contributed by atoms with van der Waals surface area (Å²) in [6.07, 6.45) is -4.87. The number of nitrogens with one attached hydrogen (secondary N) is 1. The minimum absolute atomic E-state index is 0.0252. The predicted octanol–water partition coefficient (Wildman–Crippen LogP) is 4.05. The Hall–Kier alpha value is -2.39. The number of aryl methyl sites for hydroxylation is 2. The number of amides is 1. The van der Waals surface area contributed by atoms with Crippen molar-refractivity contribution in [3.8, 4) is 0 Å². The van der Waals surface area contributed by atoms with Crippen molar-refractivity contribution >= 4 is 21.4 Å². The Morgan fingerprint density at radius 2 is 1.57 bits per heavy atom. The molecule has 0 radical (unpaired) electrons. The average Bonchev–Trinajstić information content (AvgIpc) is 2.64. The summed E-state index contributed by atoms with van der Waals surface area (Å²) >= 11 is 0. The average molecular weight is 443 g/mol. The van der Waals surface area contributed by atoms with Crippen molar-refractivity contribution in [3.05, 3.63) is 58.7 Å². The molecular weight excluding hydrogens is 419 g/mol. The molecule has 0 fully saturated rings. The van der Waals surface area contributed by atoms with E-state index in [2.05, 4.69) is 5.32 Å². The summed E-state index contributed by atoms with van der Waals surface area (Å²) in [6.45, 7) is 5.31. The van der Waals surface area contributed by atoms with Gasteiger partial charge in [-0.05, 0) is 55.2 Å². The van der Waals surface area contributed by atoms with Gasteiger partial charge >= 0.3 is 6.18 Å². The van der Waals surface area contributed by atoms with Crippen LogP contribution in [-0.4, -0.2) is 31.4 Å². The summed E-state index contributed by atoms with van der Waals surface area (Å²) in [7, 11) is -3.33. The third-order valence-electron chi connectivity index (χ3n) is 4.94. The monoisotopic (exact) mass is 443 g/mol. The Morgan fingerprint density at radius 1 is 1.07 bits per heavy atom. The van der Waals surface area contributed by atoms with Gasteiger partial charge in [-0.25, -0.2) is 8.42 Å². The molecule has 2 aromatic rings. The number of carbonyl (C=O) groups is 1. The van der Waals surface area contributed by atoms with Crippen LogP contribution in [0.4, 0.5) is 18.9 Å². The number of hydrogen-bond donors (Lipinski definition) is 2. The number of anilines is 1. The molecule has 1 unspecified atom stereocenters. The number of carbonyl (C=O) groups excluding carboxylic acids is 1. The molecule has 0 aliphatic heterocycles. The van der Waals surface area contributed by atoms with E-state index in [0.717, 1.165) is 0 Å². The summed E-state index contributed by atoms with van der Waals surface area (Å²) in [5.74, 6) is -0.426. The van der Waals surface area contributed by atoms with E-state index < -0.39 is 27.5 Å². The van der Waals surface area contributed by atoms with E-state index in [-0.39, 0.29) is 22.6 Å². The normalized spacial score (nSPS) is 14.3. The number of alkyl halides is 3. The highest BCUT2D eigenvalue weighted by molar-refractivity contribution is 7.91. The Labute approximate surface area is 173 Å². The summed E-state index contributed by atoms with van der Waals surface area (Å²) in [4.78, 5) is 12.6. The van der Waals surface area contributed by atoms with Gasteiger partial charge in [0.05, 0.1) is 17.1 Å². The first-order valence-electron chi connectivity index (χ1n) is 9.21. The fourth-order valence-corrected chi connectivity index (χ4v) is 3.84. The molecule has 1 atom stereocenters. The second-order valence-corrected chi connectivity index (χ2v) is 9.61. The molecule has 0 aromatic heterocycles. The number of halogens is 3. The highest BCUT2D eigenvalue weighted by Gasteiger charge is 2.51. The quantitative estimate of drug-likeness (QED) is 0.706. The number of rotatable bonds is 6. The number of benzene rings is 2. The first kappa shape index (κ1) is 23.9. The topological polar surface area (TPSA) is 83.5 Å². The summed E-state index contributed by atoms with van der Waals surface area (Å²) in [6, 6.07) is 8.36. The standard InChI is InChI=1S/C21H24F3NO4S/c1-5-30(28,29)17-8-6-15(7-9-17)12-18(26)25-19-13(2)10-16(11-14(19)3)20(4,27)21(22,23)24/h6-11,27H,5,12H2,1-4H3,(H,25,26). The van der Waals surface area contributed by atoms with Gasteiger partial charge in [0.2, 0.25) is 5.91 Å². The molecule has 2 rings (SSSR count). The smallest absolute Gasteiger partial charge is 0.376 e. The van der Waals surface area contributed by atoms with Crippen LogP contribution in [-0.2, 0) is 26.7 Å². The minimum Gasteiger partial charge on any atom is -0.376 e. The van der Waals surface area contributed by atoms with E-state index in [0.29, 0.717) is 29.3 Å². The van der Waals surface area contributed by atoms with Gasteiger partial charge in [-0.3, -0.25) is 4.79 Å². The lowest BCUT2D eigenvalue weighted by Crippen LogP contribution is -2.39. The van der Waals surface area contributed by atoms with Crippen molar-refractivity contribution in [3.63, 3.8) is 0 Å². The van der Waals surface area contributed by atoms with Crippen LogP contribution in [0.1, 0.15) is 36.1 Å². The third kappa shape index (κ3) is 5.02. The van der Waals surface area contributed by atoms with E-state index in [1.807, 2.05) is 0 Å². The van der Waals surface area contributed by atoms with E-state index >= 15 is 0 Å². The van der Waals surface area contributed by atoms with Crippen LogP contribution in [0.5, 0.6) is 0 Å². The Kier molecular flexibility index (Phi) is 6.68. The second kappa shape index (κ2) is 8.39. The zero-order valence-electron chi connectivity index (χ0n) is 17.1. The van der Waals surface area contributed by atoms with Crippen molar-refractivity contribution in [2.45, 2.75) is 50.8 Å². The molecule has 0 bridgehead atoms. The molecule has 164 valence electrons. The highest BCUT2D eigenvalue weighted by atomic mass is 32.2. The van der Waals surface area contributed by atoms with E-state index in [9.17, 15) is 31.5 Å². The maximum absolute atomic E-state index is 13.1. The molecule has 0 spiro atoms. The van der Waals surface area contributed by atoms with Gasteiger partial charge in [-0.2, -0.15) is 13.2 Å². The molecule has 0 aliphatic rings. The van der Waals surface area contributed by atoms with Gasteiger partial charge in [0.1, 0.15) is 0 Å². The highest BCUT2D eigenvalue weighted by Crippen LogP contribution is 2.40. The molecule has 30 heavy (non-hydrogen) atoms.